The van der Waals surface area contributed by atoms with Crippen molar-refractivity contribution in [2.75, 3.05) is 26.7 Å². The molecular formula is C16H26N2O. The molecule has 1 saturated heterocycles. The van der Waals surface area contributed by atoms with Crippen molar-refractivity contribution in [3.8, 4) is 5.75 Å². The Hall–Kier alpha value is -1.06. The topological polar surface area (TPSA) is 24.5 Å². The SMILES string of the molecule is COc1ccc(C(C)N2CCNC(C(C)C)C2)cc1. The van der Waals surface area contributed by atoms with E-state index in [9.17, 15) is 0 Å². The van der Waals surface area contributed by atoms with E-state index in [2.05, 4.69) is 43.1 Å². The van der Waals surface area contributed by atoms with Crippen molar-refractivity contribution in [3.63, 3.8) is 0 Å². The molecule has 0 spiro atoms. The molecule has 1 aromatic carbocycles. The van der Waals surface area contributed by atoms with Crippen LogP contribution in [0.3, 0.4) is 0 Å². The zero-order valence-electron chi connectivity index (χ0n) is 12.5. The van der Waals surface area contributed by atoms with Crippen molar-refractivity contribution in [2.24, 2.45) is 5.92 Å². The van der Waals surface area contributed by atoms with Gasteiger partial charge >= 0.3 is 0 Å². The predicted molar refractivity (Wildman–Crippen MR) is 79.6 cm³/mol. The van der Waals surface area contributed by atoms with E-state index in [-0.39, 0.29) is 0 Å². The molecule has 3 nitrogen and oxygen atoms in total. The number of benzene rings is 1. The van der Waals surface area contributed by atoms with Gasteiger partial charge in [0.2, 0.25) is 0 Å². The van der Waals surface area contributed by atoms with Gasteiger partial charge in [-0.1, -0.05) is 26.0 Å². The van der Waals surface area contributed by atoms with Crippen LogP contribution in [0, 0.1) is 5.92 Å². The van der Waals surface area contributed by atoms with Crippen molar-refractivity contribution in [1.29, 1.82) is 0 Å². The van der Waals surface area contributed by atoms with Gasteiger partial charge in [0, 0.05) is 31.7 Å². The van der Waals surface area contributed by atoms with Crippen LogP contribution >= 0.6 is 0 Å². The lowest BCUT2D eigenvalue weighted by molar-refractivity contribution is 0.135. The fourth-order valence-corrected chi connectivity index (χ4v) is 2.69. The lowest BCUT2D eigenvalue weighted by Crippen LogP contribution is -2.53. The van der Waals surface area contributed by atoms with Crippen molar-refractivity contribution < 1.29 is 4.74 Å². The van der Waals surface area contributed by atoms with Crippen LogP contribution in [0.2, 0.25) is 0 Å². The molecule has 19 heavy (non-hydrogen) atoms. The molecule has 1 heterocycles. The second kappa shape index (κ2) is 6.40. The highest BCUT2D eigenvalue weighted by atomic mass is 16.5. The van der Waals surface area contributed by atoms with E-state index in [1.807, 2.05) is 12.1 Å². The summed E-state index contributed by atoms with van der Waals surface area (Å²) in [6.07, 6.45) is 0. The quantitative estimate of drug-likeness (QED) is 0.903. The number of hydrogen-bond acceptors (Lipinski definition) is 3. The average Bonchev–Trinajstić information content (AvgIpc) is 2.46. The molecule has 0 bridgehead atoms. The molecule has 2 atom stereocenters. The number of rotatable bonds is 4. The number of piperazine rings is 1. The maximum absolute atomic E-state index is 5.22. The molecule has 0 aliphatic carbocycles. The first-order chi connectivity index (χ1) is 9.11. The summed E-state index contributed by atoms with van der Waals surface area (Å²) >= 11 is 0. The first kappa shape index (κ1) is 14.4. The van der Waals surface area contributed by atoms with Gasteiger partial charge in [-0.15, -0.1) is 0 Å². The number of hydrogen-bond donors (Lipinski definition) is 1. The average molecular weight is 262 g/mol. The van der Waals surface area contributed by atoms with Crippen molar-refractivity contribution in [2.45, 2.75) is 32.9 Å². The van der Waals surface area contributed by atoms with Gasteiger partial charge in [-0.3, -0.25) is 4.90 Å². The summed E-state index contributed by atoms with van der Waals surface area (Å²) in [7, 11) is 1.71. The van der Waals surface area contributed by atoms with Crippen LogP contribution in [0.5, 0.6) is 5.75 Å². The smallest absolute Gasteiger partial charge is 0.118 e. The van der Waals surface area contributed by atoms with Gasteiger partial charge in [-0.2, -0.15) is 0 Å². The summed E-state index contributed by atoms with van der Waals surface area (Å²) in [5.41, 5.74) is 1.37. The number of nitrogens with one attached hydrogen (secondary N) is 1. The van der Waals surface area contributed by atoms with Crippen LogP contribution in [-0.2, 0) is 0 Å². The van der Waals surface area contributed by atoms with Crippen molar-refractivity contribution >= 4 is 0 Å². The molecule has 0 aromatic heterocycles. The molecule has 2 unspecified atom stereocenters. The second-order valence-electron chi connectivity index (χ2n) is 5.75. The van der Waals surface area contributed by atoms with E-state index in [0.29, 0.717) is 18.0 Å². The second-order valence-corrected chi connectivity index (χ2v) is 5.75. The minimum atomic E-state index is 0.467. The molecule has 2 rings (SSSR count). The third kappa shape index (κ3) is 3.48. The minimum absolute atomic E-state index is 0.467. The molecule has 0 radical (unpaired) electrons. The molecule has 0 saturated carbocycles. The lowest BCUT2D eigenvalue weighted by atomic mass is 9.99. The summed E-state index contributed by atoms with van der Waals surface area (Å²) in [5, 5.41) is 3.61. The van der Waals surface area contributed by atoms with Crippen LogP contribution in [0.15, 0.2) is 24.3 Å². The fourth-order valence-electron chi connectivity index (χ4n) is 2.69. The van der Waals surface area contributed by atoms with Crippen LogP contribution in [0.25, 0.3) is 0 Å². The highest BCUT2D eigenvalue weighted by molar-refractivity contribution is 5.29. The number of methoxy groups -OCH3 is 1. The summed E-state index contributed by atoms with van der Waals surface area (Å²) in [6, 6.07) is 9.53. The molecule has 1 aliphatic heterocycles. The van der Waals surface area contributed by atoms with Crippen LogP contribution in [0.1, 0.15) is 32.4 Å². The Morgan fingerprint density at radius 3 is 2.47 bits per heavy atom. The van der Waals surface area contributed by atoms with Crippen LogP contribution in [0.4, 0.5) is 0 Å². The molecule has 1 aliphatic rings. The molecular weight excluding hydrogens is 236 g/mol. The Labute approximate surface area is 116 Å². The van der Waals surface area contributed by atoms with Gasteiger partial charge in [-0.25, -0.2) is 0 Å². The van der Waals surface area contributed by atoms with Crippen molar-refractivity contribution in [1.82, 2.24) is 10.2 Å². The van der Waals surface area contributed by atoms with E-state index in [4.69, 9.17) is 4.74 Å². The molecule has 1 aromatic rings. The van der Waals surface area contributed by atoms with Gasteiger partial charge in [0.05, 0.1) is 7.11 Å². The zero-order chi connectivity index (χ0) is 13.8. The molecule has 0 amide bonds. The summed E-state index contributed by atoms with van der Waals surface area (Å²) in [5.74, 6) is 1.61. The summed E-state index contributed by atoms with van der Waals surface area (Å²) in [4.78, 5) is 2.57. The maximum atomic E-state index is 5.22. The predicted octanol–water partition coefficient (Wildman–Crippen LogP) is 2.69. The van der Waals surface area contributed by atoms with Crippen LogP contribution in [-0.4, -0.2) is 37.7 Å². The Morgan fingerprint density at radius 1 is 1.21 bits per heavy atom. The third-order valence-corrected chi connectivity index (χ3v) is 4.19. The van der Waals surface area contributed by atoms with Gasteiger partial charge in [0.1, 0.15) is 5.75 Å². The lowest BCUT2D eigenvalue weighted by Gasteiger charge is -2.39. The van der Waals surface area contributed by atoms with Gasteiger partial charge < -0.3 is 10.1 Å². The van der Waals surface area contributed by atoms with E-state index < -0.39 is 0 Å². The third-order valence-electron chi connectivity index (χ3n) is 4.19. The Kier molecular flexibility index (Phi) is 4.83. The highest BCUT2D eigenvalue weighted by Crippen LogP contribution is 2.24. The first-order valence-corrected chi connectivity index (χ1v) is 7.23. The number of nitrogens with zero attached hydrogens (tertiary/aromatic N) is 1. The van der Waals surface area contributed by atoms with E-state index >= 15 is 0 Å². The maximum Gasteiger partial charge on any atom is 0.118 e. The largest absolute Gasteiger partial charge is 0.497 e. The van der Waals surface area contributed by atoms with E-state index in [1.54, 1.807) is 7.11 Å². The molecule has 3 heteroatoms. The van der Waals surface area contributed by atoms with Gasteiger partial charge in [0.15, 0.2) is 0 Å². The standard InChI is InChI=1S/C16H26N2O/c1-12(2)16-11-18(10-9-17-16)13(3)14-5-7-15(19-4)8-6-14/h5-8,12-13,16-17H,9-11H2,1-4H3. The Bertz CT molecular complexity index is 388. The normalized spacial score (nSPS) is 22.5. The minimum Gasteiger partial charge on any atom is -0.497 e. The van der Waals surface area contributed by atoms with Gasteiger partial charge in [0.25, 0.3) is 0 Å². The van der Waals surface area contributed by atoms with Crippen molar-refractivity contribution in [3.05, 3.63) is 29.8 Å². The fraction of sp³-hybridized carbons (Fsp3) is 0.625. The monoisotopic (exact) mass is 262 g/mol. The first-order valence-electron chi connectivity index (χ1n) is 7.23. The Morgan fingerprint density at radius 2 is 1.89 bits per heavy atom. The molecule has 1 fully saturated rings. The number of ether oxygens (including phenoxy) is 1. The Balaban J connectivity index is 2.03. The van der Waals surface area contributed by atoms with E-state index in [0.717, 1.165) is 25.4 Å². The molecule has 106 valence electrons. The van der Waals surface area contributed by atoms with Gasteiger partial charge in [-0.05, 0) is 30.5 Å². The summed E-state index contributed by atoms with van der Waals surface area (Å²) in [6.45, 7) is 10.2. The van der Waals surface area contributed by atoms with E-state index in [1.165, 1.54) is 5.56 Å². The molecule has 1 N–H and O–H groups in total. The zero-order valence-corrected chi connectivity index (χ0v) is 12.5. The van der Waals surface area contributed by atoms with Crippen LogP contribution < -0.4 is 10.1 Å². The highest BCUT2D eigenvalue weighted by Gasteiger charge is 2.25. The summed E-state index contributed by atoms with van der Waals surface area (Å²) < 4.78 is 5.22.